The summed E-state index contributed by atoms with van der Waals surface area (Å²) in [5.74, 6) is 1.29. The van der Waals surface area contributed by atoms with Crippen LogP contribution in [0.15, 0.2) is 180 Å². The molecule has 2 N–H and O–H groups in total. The first-order valence-electron chi connectivity index (χ1n) is 17.4. The first kappa shape index (κ1) is 36.2. The van der Waals surface area contributed by atoms with Crippen molar-refractivity contribution in [2.45, 2.75) is 25.2 Å². The van der Waals surface area contributed by atoms with Gasteiger partial charge in [0.25, 0.3) is 0 Å². The fourth-order valence-corrected chi connectivity index (χ4v) is 6.60. The Morgan fingerprint density at radius 1 is 0.444 bits per heavy atom. The summed E-state index contributed by atoms with van der Waals surface area (Å²) < 4.78 is 0. The van der Waals surface area contributed by atoms with Crippen LogP contribution in [0.5, 0.6) is 0 Å². The van der Waals surface area contributed by atoms with E-state index in [9.17, 15) is 9.59 Å². The molecule has 0 bridgehead atoms. The van der Waals surface area contributed by atoms with Gasteiger partial charge in [0, 0.05) is 21.4 Å². The van der Waals surface area contributed by atoms with Gasteiger partial charge in [0.2, 0.25) is 0 Å². The molecule has 0 saturated carbocycles. The molecule has 0 unspecified atom stereocenters. The van der Waals surface area contributed by atoms with Crippen molar-refractivity contribution in [1.29, 1.82) is 0 Å². The summed E-state index contributed by atoms with van der Waals surface area (Å²) in [4.78, 5) is 38.4. The first-order valence-corrected chi connectivity index (χ1v) is 18.2. The van der Waals surface area contributed by atoms with Gasteiger partial charge in [0.05, 0.1) is 13.1 Å². The number of hydrogen-bond donors (Lipinski definition) is 2. The van der Waals surface area contributed by atoms with Gasteiger partial charge in [-0.2, -0.15) is 0 Å². The molecular weight excluding hydrogens is 715 g/mol. The molecule has 8 rings (SSSR count). The number of aliphatic imine (C=N–C) groups is 2. The van der Waals surface area contributed by atoms with Gasteiger partial charge in [-0.1, -0.05) is 145 Å². The highest BCUT2D eigenvalue weighted by atomic mass is 35.5. The minimum Gasteiger partial charge on any atom is -0.294 e. The topological polar surface area (TPSA) is 89.4 Å². The predicted octanol–water partition coefficient (Wildman–Crippen LogP) is 10.4. The molecule has 6 aromatic rings. The Kier molecular flexibility index (Phi) is 11.4. The highest BCUT2D eigenvalue weighted by Gasteiger charge is 2.39. The molecule has 0 aliphatic carbocycles. The van der Waals surface area contributed by atoms with Crippen molar-refractivity contribution in [3.05, 3.63) is 202 Å². The van der Waals surface area contributed by atoms with Crippen LogP contribution in [0, 0.1) is 0 Å². The van der Waals surface area contributed by atoms with Crippen molar-refractivity contribution < 1.29 is 9.59 Å². The Morgan fingerprint density at radius 2 is 0.759 bits per heavy atom. The zero-order valence-electron chi connectivity index (χ0n) is 29.1. The summed E-state index contributed by atoms with van der Waals surface area (Å²) in [5, 5.41) is 7.14. The average Bonchev–Trinajstić information content (AvgIpc) is 3.73. The maximum absolute atomic E-state index is 12.8. The third-order valence-corrected chi connectivity index (χ3v) is 9.44. The van der Waals surface area contributed by atoms with Gasteiger partial charge in [-0.15, -0.1) is 0 Å². The lowest BCUT2D eigenvalue weighted by molar-refractivity contribution is 0.251. The normalized spacial score (nSPS) is 18.0. The van der Waals surface area contributed by atoms with Crippen LogP contribution in [0.3, 0.4) is 0 Å². The fourth-order valence-electron chi connectivity index (χ4n) is 6.35. The van der Waals surface area contributed by atoms with E-state index in [1.54, 1.807) is 34.1 Å². The van der Waals surface area contributed by atoms with E-state index in [1.807, 2.05) is 146 Å². The zero-order valence-corrected chi connectivity index (χ0v) is 30.6. The number of benzene rings is 6. The van der Waals surface area contributed by atoms with E-state index < -0.39 is 0 Å². The van der Waals surface area contributed by atoms with Crippen molar-refractivity contribution in [2.75, 3.05) is 9.80 Å². The lowest BCUT2D eigenvalue weighted by Crippen LogP contribution is -2.29. The molecule has 0 radical (unpaired) electrons. The number of urea groups is 2. The summed E-state index contributed by atoms with van der Waals surface area (Å²) in [6.45, 7) is 1.02. The Morgan fingerprint density at radius 3 is 1.09 bits per heavy atom. The minimum atomic E-state index is -0.302. The van der Waals surface area contributed by atoms with Crippen molar-refractivity contribution >= 4 is 58.3 Å². The van der Waals surface area contributed by atoms with Crippen LogP contribution in [0.2, 0.25) is 10.0 Å². The molecule has 2 aliphatic rings. The Labute approximate surface area is 324 Å². The lowest BCUT2D eigenvalue weighted by Gasteiger charge is -2.23. The van der Waals surface area contributed by atoms with Crippen molar-refractivity contribution in [3.8, 4) is 0 Å². The van der Waals surface area contributed by atoms with Gasteiger partial charge < -0.3 is 0 Å². The molecule has 2 saturated heterocycles. The molecule has 4 amide bonds. The van der Waals surface area contributed by atoms with Crippen LogP contribution >= 0.6 is 23.2 Å². The highest BCUT2D eigenvalue weighted by molar-refractivity contribution is 6.31. The lowest BCUT2D eigenvalue weighted by atomic mass is 10.0. The largest absolute Gasteiger partial charge is 0.328 e. The summed E-state index contributed by atoms with van der Waals surface area (Å²) in [7, 11) is 0. The van der Waals surface area contributed by atoms with Gasteiger partial charge in [0.15, 0.2) is 0 Å². The third-order valence-electron chi connectivity index (χ3n) is 8.93. The van der Waals surface area contributed by atoms with Crippen LogP contribution in [0.1, 0.15) is 34.3 Å². The summed E-state index contributed by atoms with van der Waals surface area (Å²) in [5.41, 5.74) is 5.73. The van der Waals surface area contributed by atoms with Gasteiger partial charge in [0.1, 0.15) is 23.8 Å². The number of rotatable bonds is 8. The number of nitrogens with zero attached hydrogens (tertiary/aromatic N) is 4. The van der Waals surface area contributed by atoms with Gasteiger partial charge >= 0.3 is 12.1 Å². The number of nitrogens with one attached hydrogen (secondary N) is 2. The van der Waals surface area contributed by atoms with E-state index in [1.165, 1.54) is 0 Å². The number of anilines is 2. The summed E-state index contributed by atoms with van der Waals surface area (Å²) in [6, 6.07) is 53.3. The van der Waals surface area contributed by atoms with Crippen LogP contribution in [0.25, 0.3) is 0 Å². The smallest absolute Gasteiger partial charge is 0.294 e. The molecular formula is C44H36Cl2N6O2. The van der Waals surface area contributed by atoms with Crippen LogP contribution < -0.4 is 20.4 Å². The van der Waals surface area contributed by atoms with E-state index in [0.29, 0.717) is 34.8 Å². The molecule has 268 valence electrons. The van der Waals surface area contributed by atoms with Gasteiger partial charge in [-0.05, 0) is 70.8 Å². The van der Waals surface area contributed by atoms with Gasteiger partial charge in [-0.3, -0.25) is 30.4 Å². The fraction of sp³-hybridized carbons (Fsp3) is 0.0909. The number of carbonyl (C=O) groups excluding carboxylic acids is 2. The second kappa shape index (κ2) is 17.1. The maximum atomic E-state index is 12.8. The summed E-state index contributed by atoms with van der Waals surface area (Å²) in [6.07, 6.45) is 0. The Bertz CT molecular complexity index is 2070. The van der Waals surface area contributed by atoms with Crippen molar-refractivity contribution in [2.24, 2.45) is 9.98 Å². The predicted molar refractivity (Wildman–Crippen MR) is 218 cm³/mol. The van der Waals surface area contributed by atoms with Crippen LogP contribution in [-0.4, -0.2) is 23.7 Å². The van der Waals surface area contributed by atoms with E-state index in [0.717, 1.165) is 33.6 Å². The number of hydrogen-bond acceptors (Lipinski definition) is 4. The molecule has 10 heteroatoms. The number of amides is 4. The minimum absolute atomic E-state index is 0.196. The molecule has 2 fully saturated rings. The monoisotopic (exact) mass is 750 g/mol. The Hall–Kier alpha value is -6.22. The number of carbonyl (C=O) groups is 2. The van der Waals surface area contributed by atoms with E-state index in [4.69, 9.17) is 33.2 Å². The standard InChI is InChI=1S/2C22H18ClN3O/c2*23-18-11-13-19(14-12-18)26-20(17-9-5-2-6-10-17)21(25-22(26)27)24-15-16-7-3-1-4-8-16/h2*1-14,20H,15H2,(H,24,25,27)/t2*20-/m10/s1. The molecule has 2 atom stereocenters. The molecule has 2 heterocycles. The first-order chi connectivity index (χ1) is 26.4. The molecule has 0 aromatic heterocycles. The molecule has 0 spiro atoms. The Balaban J connectivity index is 0.000000167. The maximum Gasteiger partial charge on any atom is 0.328 e. The third kappa shape index (κ3) is 8.52. The average molecular weight is 752 g/mol. The van der Waals surface area contributed by atoms with E-state index in [-0.39, 0.29) is 24.1 Å². The zero-order chi connectivity index (χ0) is 37.3. The molecule has 6 aromatic carbocycles. The highest BCUT2D eigenvalue weighted by Crippen LogP contribution is 2.34. The summed E-state index contributed by atoms with van der Waals surface area (Å²) >= 11 is 12.0. The van der Waals surface area contributed by atoms with E-state index >= 15 is 0 Å². The van der Waals surface area contributed by atoms with Crippen LogP contribution in [-0.2, 0) is 13.1 Å². The van der Waals surface area contributed by atoms with Crippen molar-refractivity contribution in [1.82, 2.24) is 10.6 Å². The van der Waals surface area contributed by atoms with Gasteiger partial charge in [-0.25, -0.2) is 9.59 Å². The number of halogens is 2. The quantitative estimate of drug-likeness (QED) is 0.162. The molecule has 8 nitrogen and oxygen atoms in total. The second-order valence-electron chi connectivity index (χ2n) is 12.6. The molecule has 54 heavy (non-hydrogen) atoms. The second-order valence-corrected chi connectivity index (χ2v) is 13.4. The SMILES string of the molecule is O=C1NC(=NCc2ccccc2)[C@@H](c2ccccc2)N1c1ccc(Cl)cc1.O=C1NC(=NCc2ccccc2)[C@H](c2ccccc2)N1c1ccc(Cl)cc1. The number of amidine groups is 2. The molecule has 2 aliphatic heterocycles. The van der Waals surface area contributed by atoms with Crippen molar-refractivity contribution in [3.63, 3.8) is 0 Å². The van der Waals surface area contributed by atoms with Crippen LogP contribution in [0.4, 0.5) is 21.0 Å². The van der Waals surface area contributed by atoms with E-state index in [2.05, 4.69) is 10.6 Å².